The lowest BCUT2D eigenvalue weighted by Crippen LogP contribution is -2.41. The lowest BCUT2D eigenvalue weighted by molar-refractivity contribution is 0.429. The second kappa shape index (κ2) is 6.14. The van der Waals surface area contributed by atoms with Crippen molar-refractivity contribution in [1.82, 2.24) is 9.03 Å². The van der Waals surface area contributed by atoms with Crippen LogP contribution in [-0.4, -0.2) is 25.8 Å². The molecule has 0 aliphatic rings. The van der Waals surface area contributed by atoms with Gasteiger partial charge in [0.15, 0.2) is 0 Å². The van der Waals surface area contributed by atoms with Crippen LogP contribution in [0.15, 0.2) is 30.3 Å². The minimum atomic E-state index is -3.39. The third-order valence-corrected chi connectivity index (χ3v) is 4.52. The molecular weight excluding hydrogens is 236 g/mol. The molecule has 1 rings (SSSR count). The van der Waals surface area contributed by atoms with Crippen LogP contribution >= 0.6 is 0 Å². The summed E-state index contributed by atoms with van der Waals surface area (Å²) in [7, 11) is -3.39. The average molecular weight is 256 g/mol. The molecule has 1 N–H and O–H groups in total. The van der Waals surface area contributed by atoms with Gasteiger partial charge in [0.25, 0.3) is 10.2 Å². The summed E-state index contributed by atoms with van der Waals surface area (Å²) < 4.78 is 28.1. The zero-order chi connectivity index (χ0) is 12.9. The Morgan fingerprint density at radius 3 is 2.18 bits per heavy atom. The van der Waals surface area contributed by atoms with Gasteiger partial charge < -0.3 is 0 Å². The molecule has 0 radical (unpaired) electrons. The molecule has 1 aromatic rings. The molecule has 0 aliphatic carbocycles. The van der Waals surface area contributed by atoms with E-state index in [1.807, 2.05) is 51.1 Å². The fourth-order valence-electron chi connectivity index (χ4n) is 1.67. The first-order valence-electron chi connectivity index (χ1n) is 5.83. The van der Waals surface area contributed by atoms with Crippen LogP contribution in [-0.2, 0) is 10.2 Å². The van der Waals surface area contributed by atoms with Crippen molar-refractivity contribution in [1.29, 1.82) is 0 Å². The maximum Gasteiger partial charge on any atom is 0.279 e. The third kappa shape index (κ3) is 3.80. The van der Waals surface area contributed by atoms with Crippen LogP contribution in [0, 0.1) is 0 Å². The van der Waals surface area contributed by atoms with Gasteiger partial charge in [-0.25, -0.2) is 0 Å². The van der Waals surface area contributed by atoms with Crippen LogP contribution in [0.4, 0.5) is 0 Å². The molecule has 0 aromatic heterocycles. The van der Waals surface area contributed by atoms with E-state index in [0.717, 1.165) is 5.56 Å². The van der Waals surface area contributed by atoms with Gasteiger partial charge in [0.05, 0.1) is 0 Å². The van der Waals surface area contributed by atoms with Crippen molar-refractivity contribution in [2.75, 3.05) is 13.1 Å². The SMILES string of the molecule is CCN(CC)S(=O)(=O)N[C@H](C)c1ccccc1. The van der Waals surface area contributed by atoms with Crippen molar-refractivity contribution < 1.29 is 8.42 Å². The summed E-state index contributed by atoms with van der Waals surface area (Å²) in [5.41, 5.74) is 0.961. The Morgan fingerprint density at radius 1 is 1.18 bits per heavy atom. The molecule has 0 amide bonds. The molecular formula is C12H20N2O2S. The van der Waals surface area contributed by atoms with Crippen LogP contribution < -0.4 is 4.72 Å². The lowest BCUT2D eigenvalue weighted by atomic mass is 10.1. The van der Waals surface area contributed by atoms with Gasteiger partial charge in [-0.15, -0.1) is 0 Å². The van der Waals surface area contributed by atoms with Gasteiger partial charge in [-0.2, -0.15) is 17.4 Å². The molecule has 4 nitrogen and oxygen atoms in total. The van der Waals surface area contributed by atoms with E-state index in [0.29, 0.717) is 13.1 Å². The van der Waals surface area contributed by atoms with Gasteiger partial charge in [0, 0.05) is 19.1 Å². The van der Waals surface area contributed by atoms with E-state index in [1.54, 1.807) is 0 Å². The van der Waals surface area contributed by atoms with Crippen LogP contribution in [0.25, 0.3) is 0 Å². The van der Waals surface area contributed by atoms with Crippen molar-refractivity contribution in [2.24, 2.45) is 0 Å². The van der Waals surface area contributed by atoms with Gasteiger partial charge in [-0.1, -0.05) is 44.2 Å². The predicted molar refractivity (Wildman–Crippen MR) is 69.8 cm³/mol. The zero-order valence-corrected chi connectivity index (χ0v) is 11.4. The summed E-state index contributed by atoms with van der Waals surface area (Å²) in [6, 6.07) is 9.32. The molecule has 1 atom stereocenters. The fraction of sp³-hybridized carbons (Fsp3) is 0.500. The molecule has 0 bridgehead atoms. The molecule has 5 heteroatoms. The van der Waals surface area contributed by atoms with E-state index in [1.165, 1.54) is 4.31 Å². The van der Waals surface area contributed by atoms with Gasteiger partial charge in [0.2, 0.25) is 0 Å². The highest BCUT2D eigenvalue weighted by Gasteiger charge is 2.21. The Hall–Kier alpha value is -0.910. The highest BCUT2D eigenvalue weighted by molar-refractivity contribution is 7.87. The quantitative estimate of drug-likeness (QED) is 0.845. The van der Waals surface area contributed by atoms with E-state index < -0.39 is 10.2 Å². The summed E-state index contributed by atoms with van der Waals surface area (Å²) >= 11 is 0. The number of hydrogen-bond donors (Lipinski definition) is 1. The van der Waals surface area contributed by atoms with E-state index in [2.05, 4.69) is 4.72 Å². The van der Waals surface area contributed by atoms with E-state index in [4.69, 9.17) is 0 Å². The molecule has 1 aromatic carbocycles. The number of nitrogens with zero attached hydrogens (tertiary/aromatic N) is 1. The number of nitrogens with one attached hydrogen (secondary N) is 1. The monoisotopic (exact) mass is 256 g/mol. The predicted octanol–water partition coefficient (Wildman–Crippen LogP) is 1.92. The van der Waals surface area contributed by atoms with Crippen LogP contribution in [0.1, 0.15) is 32.4 Å². The summed E-state index contributed by atoms with van der Waals surface area (Å²) in [4.78, 5) is 0. The molecule has 0 unspecified atom stereocenters. The number of rotatable bonds is 6. The number of hydrogen-bond acceptors (Lipinski definition) is 2. The Kier molecular flexibility index (Phi) is 5.11. The van der Waals surface area contributed by atoms with Crippen LogP contribution in [0.2, 0.25) is 0 Å². The second-order valence-electron chi connectivity index (χ2n) is 3.84. The van der Waals surface area contributed by atoms with E-state index in [9.17, 15) is 8.42 Å². The maximum absolute atomic E-state index is 12.0. The van der Waals surface area contributed by atoms with Gasteiger partial charge in [-0.3, -0.25) is 0 Å². The smallest absolute Gasteiger partial charge is 0.195 e. The largest absolute Gasteiger partial charge is 0.279 e. The Labute approximate surface area is 104 Å². The minimum absolute atomic E-state index is 0.221. The fourth-order valence-corrected chi connectivity index (χ4v) is 3.08. The molecule has 17 heavy (non-hydrogen) atoms. The van der Waals surface area contributed by atoms with Gasteiger partial charge in [-0.05, 0) is 12.5 Å². The molecule has 0 saturated carbocycles. The number of benzene rings is 1. The van der Waals surface area contributed by atoms with Crippen molar-refractivity contribution >= 4 is 10.2 Å². The summed E-state index contributed by atoms with van der Waals surface area (Å²) in [5.74, 6) is 0. The third-order valence-electron chi connectivity index (χ3n) is 2.67. The molecule has 0 aliphatic heterocycles. The topological polar surface area (TPSA) is 49.4 Å². The molecule has 0 spiro atoms. The van der Waals surface area contributed by atoms with Crippen molar-refractivity contribution in [3.8, 4) is 0 Å². The highest BCUT2D eigenvalue weighted by Crippen LogP contribution is 2.13. The average Bonchev–Trinajstić information content (AvgIpc) is 2.30. The summed E-state index contributed by atoms with van der Waals surface area (Å²) in [6.07, 6.45) is 0. The molecule has 0 fully saturated rings. The van der Waals surface area contributed by atoms with Gasteiger partial charge >= 0.3 is 0 Å². The van der Waals surface area contributed by atoms with Crippen LogP contribution in [0.3, 0.4) is 0 Å². The van der Waals surface area contributed by atoms with E-state index >= 15 is 0 Å². The van der Waals surface area contributed by atoms with Crippen molar-refractivity contribution in [2.45, 2.75) is 26.8 Å². The summed E-state index contributed by atoms with van der Waals surface area (Å²) in [6.45, 7) is 6.46. The second-order valence-corrected chi connectivity index (χ2v) is 5.54. The molecule has 0 saturated heterocycles. The Balaban J connectivity index is 2.78. The van der Waals surface area contributed by atoms with Crippen LogP contribution in [0.5, 0.6) is 0 Å². The minimum Gasteiger partial charge on any atom is -0.195 e. The summed E-state index contributed by atoms with van der Waals surface area (Å²) in [5, 5.41) is 0. The molecule has 0 heterocycles. The maximum atomic E-state index is 12.0. The normalized spacial score (nSPS) is 13.9. The van der Waals surface area contributed by atoms with Crippen molar-refractivity contribution in [3.63, 3.8) is 0 Å². The zero-order valence-electron chi connectivity index (χ0n) is 10.6. The highest BCUT2D eigenvalue weighted by atomic mass is 32.2. The Bertz CT molecular complexity index is 427. The lowest BCUT2D eigenvalue weighted by Gasteiger charge is -2.22. The van der Waals surface area contributed by atoms with Crippen molar-refractivity contribution in [3.05, 3.63) is 35.9 Å². The first kappa shape index (κ1) is 14.2. The standard InChI is InChI=1S/C12H20N2O2S/c1-4-14(5-2)17(15,16)13-11(3)12-9-7-6-8-10-12/h6-11,13H,4-5H2,1-3H3/t11-/m1/s1. The molecule has 96 valence electrons. The first-order valence-corrected chi connectivity index (χ1v) is 7.27. The van der Waals surface area contributed by atoms with Gasteiger partial charge in [0.1, 0.15) is 0 Å². The Morgan fingerprint density at radius 2 is 1.71 bits per heavy atom. The van der Waals surface area contributed by atoms with E-state index in [-0.39, 0.29) is 6.04 Å². The first-order chi connectivity index (χ1) is 8.01.